The van der Waals surface area contributed by atoms with Crippen LogP contribution in [0.2, 0.25) is 0 Å². The Kier molecular flexibility index (Phi) is 14.6. The highest BCUT2D eigenvalue weighted by molar-refractivity contribution is 6.14. The van der Waals surface area contributed by atoms with E-state index in [1.807, 2.05) is 13.8 Å². The van der Waals surface area contributed by atoms with Gasteiger partial charge in [0.2, 0.25) is 17.7 Å². The van der Waals surface area contributed by atoms with Gasteiger partial charge in [-0.2, -0.15) is 0 Å². The SMILES string of the molecule is CC(C)C(C)C(=O)OCc1ccc(NC(=O)[C@H](C)NC(=O)[C@@H](NC(=O)CN2C(=O)C=CC2=O)C(C)C)cc1CC[C@@H]1O[C@H](C(=O)O)[C@@H](O)[C@H](O)[C@H]1O. The van der Waals surface area contributed by atoms with Crippen molar-refractivity contribution < 1.29 is 63.5 Å². The largest absolute Gasteiger partial charge is 0.479 e. The molecule has 1 unspecified atom stereocenters. The zero-order valence-electron chi connectivity index (χ0n) is 29.9. The number of hydrogen-bond donors (Lipinski definition) is 7. The number of hydrogen-bond acceptors (Lipinski definition) is 12. The summed E-state index contributed by atoms with van der Waals surface area (Å²) < 4.78 is 10.9. The highest BCUT2D eigenvalue weighted by Crippen LogP contribution is 2.27. The Balaban J connectivity index is 1.73. The van der Waals surface area contributed by atoms with Crippen molar-refractivity contribution in [2.75, 3.05) is 11.9 Å². The summed E-state index contributed by atoms with van der Waals surface area (Å²) in [6.45, 7) is 9.51. The lowest BCUT2D eigenvalue weighted by molar-refractivity contribution is -0.228. The fraction of sp³-hybridized carbons (Fsp3) is 0.571. The number of anilines is 1. The van der Waals surface area contributed by atoms with Gasteiger partial charge >= 0.3 is 11.9 Å². The van der Waals surface area contributed by atoms with Crippen LogP contribution in [0.15, 0.2) is 30.4 Å². The molecule has 1 saturated heterocycles. The van der Waals surface area contributed by atoms with Crippen LogP contribution < -0.4 is 16.0 Å². The van der Waals surface area contributed by atoms with Crippen LogP contribution in [0, 0.1) is 17.8 Å². The number of carboxylic acid groups (broad SMARTS) is 1. The second-order valence-electron chi connectivity index (χ2n) is 13.7. The average Bonchev–Trinajstić information content (AvgIpc) is 3.39. The number of rotatable bonds is 16. The van der Waals surface area contributed by atoms with Gasteiger partial charge in [-0.3, -0.25) is 33.7 Å². The molecule has 0 radical (unpaired) electrons. The lowest BCUT2D eigenvalue weighted by Crippen LogP contribution is -2.59. The van der Waals surface area contributed by atoms with Crippen LogP contribution in [0.5, 0.6) is 0 Å². The summed E-state index contributed by atoms with van der Waals surface area (Å²) in [6, 6.07) is 2.51. The number of benzene rings is 1. The number of aryl methyl sites for hydroxylation is 1. The van der Waals surface area contributed by atoms with Crippen molar-refractivity contribution in [2.45, 2.75) is 104 Å². The molecule has 52 heavy (non-hydrogen) atoms. The summed E-state index contributed by atoms with van der Waals surface area (Å²) in [4.78, 5) is 87.4. The summed E-state index contributed by atoms with van der Waals surface area (Å²) in [5.41, 5.74) is 1.33. The number of nitrogens with zero attached hydrogens (tertiary/aromatic N) is 1. The standard InChI is InChI=1S/C35H48N4O13/c1-16(2)18(5)35(50)51-15-21-7-9-22(13-20(21)8-10-23-28(43)29(44)30(45)31(52-23)34(48)49)37-32(46)19(6)36-33(47)27(17(3)4)38-24(40)14-39-25(41)11-12-26(39)42/h7,9,11-13,16-19,23,27-31,43-45H,8,10,14-15H2,1-6H3,(H,36,47)(H,37,46)(H,38,40)(H,48,49)/t18?,19-,23-,27-,28-,29+,30-,31-/m0/s1. The van der Waals surface area contributed by atoms with Gasteiger partial charge in [-0.25, -0.2) is 4.79 Å². The topological polar surface area (TPSA) is 258 Å². The first-order valence-electron chi connectivity index (χ1n) is 17.0. The quantitative estimate of drug-likeness (QED) is 0.0829. The molecule has 0 aliphatic carbocycles. The Morgan fingerprint density at radius 3 is 2.06 bits per heavy atom. The predicted molar refractivity (Wildman–Crippen MR) is 182 cm³/mol. The zero-order valence-corrected chi connectivity index (χ0v) is 29.9. The second kappa shape index (κ2) is 18.2. The lowest BCUT2D eigenvalue weighted by atomic mass is 9.91. The molecule has 17 nitrogen and oxygen atoms in total. The number of carboxylic acids is 1. The van der Waals surface area contributed by atoms with E-state index in [4.69, 9.17) is 9.47 Å². The lowest BCUT2D eigenvalue weighted by Gasteiger charge is -2.39. The van der Waals surface area contributed by atoms with Crippen molar-refractivity contribution in [1.82, 2.24) is 15.5 Å². The average molecular weight is 733 g/mol. The third-order valence-electron chi connectivity index (χ3n) is 9.09. The Bertz CT molecular complexity index is 1540. The molecule has 5 amide bonds. The van der Waals surface area contributed by atoms with E-state index in [0.717, 1.165) is 17.1 Å². The summed E-state index contributed by atoms with van der Waals surface area (Å²) in [6.07, 6.45) is -6.06. The van der Waals surface area contributed by atoms with Crippen LogP contribution >= 0.6 is 0 Å². The molecule has 0 bridgehead atoms. The molecule has 3 rings (SSSR count). The van der Waals surface area contributed by atoms with Crippen LogP contribution in [0.4, 0.5) is 5.69 Å². The Labute approximate surface area is 300 Å². The van der Waals surface area contributed by atoms with Crippen molar-refractivity contribution >= 4 is 47.2 Å². The van der Waals surface area contributed by atoms with E-state index in [1.165, 1.54) is 6.92 Å². The molecule has 0 saturated carbocycles. The number of ether oxygens (including phenoxy) is 2. The van der Waals surface area contributed by atoms with Crippen LogP contribution in [-0.4, -0.2) is 116 Å². The number of carbonyl (C=O) groups excluding carboxylic acids is 6. The molecule has 286 valence electrons. The smallest absolute Gasteiger partial charge is 0.335 e. The number of aliphatic carboxylic acids is 1. The van der Waals surface area contributed by atoms with Gasteiger partial charge in [0.15, 0.2) is 6.10 Å². The van der Waals surface area contributed by atoms with E-state index in [9.17, 15) is 54.0 Å². The van der Waals surface area contributed by atoms with Crippen LogP contribution in [0.1, 0.15) is 59.1 Å². The normalized spacial score (nSPS) is 23.3. The zero-order chi connectivity index (χ0) is 39.0. The monoisotopic (exact) mass is 732 g/mol. The highest BCUT2D eigenvalue weighted by Gasteiger charge is 2.46. The van der Waals surface area contributed by atoms with Crippen molar-refractivity contribution in [2.24, 2.45) is 17.8 Å². The Morgan fingerprint density at radius 2 is 1.48 bits per heavy atom. The molecule has 2 aliphatic rings. The van der Waals surface area contributed by atoms with Gasteiger partial charge in [0.1, 0.15) is 43.5 Å². The van der Waals surface area contributed by atoms with E-state index in [0.29, 0.717) is 11.1 Å². The number of esters is 1. The first kappa shape index (κ1) is 41.7. The van der Waals surface area contributed by atoms with Crippen LogP contribution in [0.25, 0.3) is 0 Å². The molecule has 17 heteroatoms. The summed E-state index contributed by atoms with van der Waals surface area (Å²) in [7, 11) is 0. The molecule has 2 heterocycles. The van der Waals surface area contributed by atoms with E-state index in [2.05, 4.69) is 16.0 Å². The van der Waals surface area contributed by atoms with Gasteiger partial charge in [0.25, 0.3) is 11.8 Å². The van der Waals surface area contributed by atoms with Gasteiger partial charge in [-0.1, -0.05) is 40.7 Å². The minimum atomic E-state index is -1.85. The summed E-state index contributed by atoms with van der Waals surface area (Å²) in [5.74, 6) is -6.11. The third-order valence-corrected chi connectivity index (χ3v) is 9.09. The minimum Gasteiger partial charge on any atom is -0.479 e. The highest BCUT2D eigenvalue weighted by atomic mass is 16.6. The molecular weight excluding hydrogens is 684 g/mol. The molecule has 1 fully saturated rings. The molecule has 8 atom stereocenters. The molecule has 1 aromatic carbocycles. The van der Waals surface area contributed by atoms with Crippen molar-refractivity contribution in [3.63, 3.8) is 0 Å². The molecule has 0 aromatic heterocycles. The molecule has 0 spiro atoms. The van der Waals surface area contributed by atoms with E-state index < -0.39 is 96.5 Å². The van der Waals surface area contributed by atoms with Gasteiger partial charge in [-0.05, 0) is 54.9 Å². The van der Waals surface area contributed by atoms with Gasteiger partial charge in [0, 0.05) is 17.8 Å². The first-order chi connectivity index (χ1) is 24.3. The molecule has 1 aromatic rings. The maximum Gasteiger partial charge on any atom is 0.335 e. The van der Waals surface area contributed by atoms with Crippen molar-refractivity contribution in [3.8, 4) is 0 Å². The minimum absolute atomic E-state index is 0.0249. The predicted octanol–water partition coefficient (Wildman–Crippen LogP) is -0.602. The molecule has 7 N–H and O–H groups in total. The Morgan fingerprint density at radius 1 is 0.846 bits per heavy atom. The van der Waals surface area contributed by atoms with Crippen LogP contribution in [-0.2, 0) is 56.1 Å². The fourth-order valence-electron chi connectivity index (χ4n) is 5.42. The molecular formula is C35H48N4O13. The maximum absolute atomic E-state index is 13.2. The summed E-state index contributed by atoms with van der Waals surface area (Å²) >= 11 is 0. The second-order valence-corrected chi connectivity index (χ2v) is 13.7. The van der Waals surface area contributed by atoms with Crippen molar-refractivity contribution in [3.05, 3.63) is 41.5 Å². The van der Waals surface area contributed by atoms with Gasteiger partial charge in [-0.15, -0.1) is 0 Å². The van der Waals surface area contributed by atoms with E-state index in [1.54, 1.807) is 39.0 Å². The number of nitrogens with one attached hydrogen (secondary N) is 3. The fourth-order valence-corrected chi connectivity index (χ4v) is 5.42. The van der Waals surface area contributed by atoms with Crippen LogP contribution in [0.3, 0.4) is 0 Å². The number of amides is 5. The molecule has 2 aliphatic heterocycles. The van der Waals surface area contributed by atoms with Gasteiger partial charge < -0.3 is 45.9 Å². The first-order valence-corrected chi connectivity index (χ1v) is 17.0. The third kappa shape index (κ3) is 10.7. The number of carbonyl (C=O) groups is 7. The Hall–Kier alpha value is -4.71. The maximum atomic E-state index is 13.2. The van der Waals surface area contributed by atoms with Crippen molar-refractivity contribution in [1.29, 1.82) is 0 Å². The number of aliphatic hydroxyl groups is 3. The number of aliphatic hydroxyl groups excluding tert-OH is 3. The van der Waals surface area contributed by atoms with E-state index >= 15 is 0 Å². The summed E-state index contributed by atoms with van der Waals surface area (Å²) in [5, 5.41) is 48.0. The number of imide groups is 1. The van der Waals surface area contributed by atoms with E-state index in [-0.39, 0.29) is 37.0 Å². The van der Waals surface area contributed by atoms with Gasteiger partial charge in [0.05, 0.1) is 12.0 Å².